The SMILES string of the molecule is CN=C(NCCc1ccc(Cl)cc1)NCc1ccc(N2CCOC(C)C2)nc1. The molecule has 0 saturated carbocycles. The quantitative estimate of drug-likeness (QED) is 0.575. The first-order valence-electron chi connectivity index (χ1n) is 9.64. The van der Waals surface area contributed by atoms with E-state index >= 15 is 0 Å². The van der Waals surface area contributed by atoms with E-state index in [9.17, 15) is 0 Å². The molecular weight excluding hydrogens is 374 g/mol. The molecule has 1 saturated heterocycles. The van der Waals surface area contributed by atoms with E-state index in [4.69, 9.17) is 16.3 Å². The molecule has 1 atom stereocenters. The second-order valence-electron chi connectivity index (χ2n) is 6.88. The van der Waals surface area contributed by atoms with Gasteiger partial charge in [-0.3, -0.25) is 4.99 Å². The van der Waals surface area contributed by atoms with E-state index in [0.717, 1.165) is 55.0 Å². The average molecular weight is 402 g/mol. The largest absolute Gasteiger partial charge is 0.375 e. The third kappa shape index (κ3) is 6.11. The van der Waals surface area contributed by atoms with Crippen molar-refractivity contribution in [2.45, 2.75) is 26.0 Å². The summed E-state index contributed by atoms with van der Waals surface area (Å²) in [7, 11) is 1.78. The molecule has 2 heterocycles. The summed E-state index contributed by atoms with van der Waals surface area (Å²) in [5, 5.41) is 7.43. The van der Waals surface area contributed by atoms with Crippen LogP contribution in [-0.2, 0) is 17.7 Å². The lowest BCUT2D eigenvalue weighted by molar-refractivity contribution is 0.0529. The number of benzene rings is 1. The number of aliphatic imine (C=N–C) groups is 1. The molecule has 1 aliphatic heterocycles. The van der Waals surface area contributed by atoms with Gasteiger partial charge in [0.15, 0.2) is 5.96 Å². The van der Waals surface area contributed by atoms with Crippen LogP contribution in [-0.4, -0.2) is 50.3 Å². The predicted octanol–water partition coefficient (Wildman–Crippen LogP) is 2.87. The summed E-state index contributed by atoms with van der Waals surface area (Å²) in [6, 6.07) is 12.1. The second-order valence-corrected chi connectivity index (χ2v) is 7.32. The van der Waals surface area contributed by atoms with Gasteiger partial charge in [-0.2, -0.15) is 0 Å². The first-order valence-corrected chi connectivity index (χ1v) is 10.0. The van der Waals surface area contributed by atoms with Crippen molar-refractivity contribution in [3.63, 3.8) is 0 Å². The van der Waals surface area contributed by atoms with Crippen molar-refractivity contribution < 1.29 is 4.74 Å². The Labute approximate surface area is 172 Å². The number of halogens is 1. The Balaban J connectivity index is 1.43. The predicted molar refractivity (Wildman–Crippen MR) is 115 cm³/mol. The number of anilines is 1. The fraction of sp³-hybridized carbons (Fsp3) is 0.429. The van der Waals surface area contributed by atoms with Crippen LogP contribution in [0.15, 0.2) is 47.6 Å². The molecule has 1 aromatic carbocycles. The number of rotatable bonds is 6. The van der Waals surface area contributed by atoms with Crippen molar-refractivity contribution in [3.8, 4) is 0 Å². The van der Waals surface area contributed by atoms with Gasteiger partial charge in [0, 0.05) is 44.4 Å². The molecule has 1 aromatic heterocycles. The summed E-state index contributed by atoms with van der Waals surface area (Å²) < 4.78 is 5.59. The van der Waals surface area contributed by atoms with Crippen LogP contribution >= 0.6 is 11.6 Å². The molecule has 0 amide bonds. The number of nitrogens with zero attached hydrogens (tertiary/aromatic N) is 3. The van der Waals surface area contributed by atoms with Gasteiger partial charge in [0.1, 0.15) is 5.82 Å². The molecule has 1 aliphatic rings. The number of hydrogen-bond donors (Lipinski definition) is 2. The Morgan fingerprint density at radius 2 is 2.00 bits per heavy atom. The topological polar surface area (TPSA) is 61.8 Å². The highest BCUT2D eigenvalue weighted by atomic mass is 35.5. The molecule has 0 radical (unpaired) electrons. The van der Waals surface area contributed by atoms with Gasteiger partial charge in [0.05, 0.1) is 12.7 Å². The zero-order chi connectivity index (χ0) is 19.8. The summed E-state index contributed by atoms with van der Waals surface area (Å²) in [4.78, 5) is 11.2. The average Bonchev–Trinajstić information content (AvgIpc) is 2.72. The van der Waals surface area contributed by atoms with Crippen LogP contribution in [0.25, 0.3) is 0 Å². The van der Waals surface area contributed by atoms with E-state index in [-0.39, 0.29) is 6.10 Å². The lowest BCUT2D eigenvalue weighted by Crippen LogP contribution is -2.41. The Morgan fingerprint density at radius 1 is 1.21 bits per heavy atom. The van der Waals surface area contributed by atoms with Crippen LogP contribution < -0.4 is 15.5 Å². The number of nitrogens with one attached hydrogen (secondary N) is 2. The van der Waals surface area contributed by atoms with Crippen molar-refractivity contribution in [2.24, 2.45) is 4.99 Å². The lowest BCUT2D eigenvalue weighted by atomic mass is 10.1. The number of morpholine rings is 1. The molecule has 6 nitrogen and oxygen atoms in total. The van der Waals surface area contributed by atoms with Crippen LogP contribution in [0, 0.1) is 0 Å². The van der Waals surface area contributed by atoms with Crippen molar-refractivity contribution in [2.75, 3.05) is 38.2 Å². The molecule has 1 fully saturated rings. The minimum atomic E-state index is 0.249. The van der Waals surface area contributed by atoms with Gasteiger partial charge in [-0.15, -0.1) is 0 Å². The summed E-state index contributed by atoms with van der Waals surface area (Å²) in [5.74, 6) is 1.78. The molecule has 28 heavy (non-hydrogen) atoms. The van der Waals surface area contributed by atoms with Crippen LogP contribution in [0.3, 0.4) is 0 Å². The molecule has 3 rings (SSSR count). The molecule has 150 valence electrons. The second kappa shape index (κ2) is 10.3. The van der Waals surface area contributed by atoms with Gasteiger partial charge in [0.25, 0.3) is 0 Å². The zero-order valence-electron chi connectivity index (χ0n) is 16.5. The van der Waals surface area contributed by atoms with E-state index in [1.807, 2.05) is 30.5 Å². The Morgan fingerprint density at radius 3 is 2.68 bits per heavy atom. The van der Waals surface area contributed by atoms with Gasteiger partial charge in [0.2, 0.25) is 0 Å². The minimum absolute atomic E-state index is 0.249. The number of pyridine rings is 1. The summed E-state index contributed by atoms with van der Waals surface area (Å²) in [6.45, 7) is 6.09. The van der Waals surface area contributed by atoms with Crippen molar-refractivity contribution in [1.82, 2.24) is 15.6 Å². The van der Waals surface area contributed by atoms with E-state index in [0.29, 0.717) is 6.54 Å². The van der Waals surface area contributed by atoms with Crippen molar-refractivity contribution in [1.29, 1.82) is 0 Å². The van der Waals surface area contributed by atoms with Gasteiger partial charge in [-0.05, 0) is 42.7 Å². The lowest BCUT2D eigenvalue weighted by Gasteiger charge is -2.32. The highest BCUT2D eigenvalue weighted by molar-refractivity contribution is 6.30. The maximum atomic E-state index is 5.92. The Kier molecular flexibility index (Phi) is 7.51. The molecule has 0 spiro atoms. The fourth-order valence-corrected chi connectivity index (χ4v) is 3.24. The normalized spacial score (nSPS) is 17.5. The highest BCUT2D eigenvalue weighted by Crippen LogP contribution is 2.15. The van der Waals surface area contributed by atoms with Gasteiger partial charge in [-0.25, -0.2) is 4.98 Å². The van der Waals surface area contributed by atoms with Crippen LogP contribution in [0.1, 0.15) is 18.1 Å². The summed E-state index contributed by atoms with van der Waals surface area (Å²) in [6.07, 6.45) is 3.08. The third-order valence-corrected chi connectivity index (χ3v) is 4.93. The first-order chi connectivity index (χ1) is 13.6. The fourth-order valence-electron chi connectivity index (χ4n) is 3.12. The first kappa shape index (κ1) is 20.4. The van der Waals surface area contributed by atoms with Crippen molar-refractivity contribution >= 4 is 23.4 Å². The number of guanidine groups is 1. The summed E-state index contributed by atoms with van der Waals surface area (Å²) in [5.41, 5.74) is 2.36. The van der Waals surface area contributed by atoms with E-state index in [1.54, 1.807) is 7.05 Å². The molecule has 0 bridgehead atoms. The van der Waals surface area contributed by atoms with Gasteiger partial charge in [-0.1, -0.05) is 29.8 Å². The van der Waals surface area contributed by atoms with Gasteiger partial charge >= 0.3 is 0 Å². The molecular formula is C21H28ClN5O. The van der Waals surface area contributed by atoms with E-state index in [1.165, 1.54) is 5.56 Å². The number of hydrogen-bond acceptors (Lipinski definition) is 4. The van der Waals surface area contributed by atoms with Gasteiger partial charge < -0.3 is 20.3 Å². The number of ether oxygens (including phenoxy) is 1. The highest BCUT2D eigenvalue weighted by Gasteiger charge is 2.17. The molecule has 0 aliphatic carbocycles. The maximum absolute atomic E-state index is 5.92. The molecule has 2 N–H and O–H groups in total. The summed E-state index contributed by atoms with van der Waals surface area (Å²) >= 11 is 5.92. The number of aromatic nitrogens is 1. The smallest absolute Gasteiger partial charge is 0.191 e. The molecule has 1 unspecified atom stereocenters. The van der Waals surface area contributed by atoms with E-state index in [2.05, 4.69) is 44.6 Å². The van der Waals surface area contributed by atoms with Crippen molar-refractivity contribution in [3.05, 3.63) is 58.7 Å². The Hall–Kier alpha value is -2.31. The zero-order valence-corrected chi connectivity index (χ0v) is 17.2. The minimum Gasteiger partial charge on any atom is -0.375 e. The Bertz CT molecular complexity index is 763. The third-order valence-electron chi connectivity index (χ3n) is 4.68. The monoisotopic (exact) mass is 401 g/mol. The standard InChI is InChI=1S/C21H28ClN5O/c1-16-15-27(11-12-28-16)20-8-5-18(13-25-20)14-26-21(23-2)24-10-9-17-3-6-19(22)7-4-17/h3-8,13,16H,9-12,14-15H2,1-2H3,(H2,23,24,26). The van der Waals surface area contributed by atoms with Crippen LogP contribution in [0.2, 0.25) is 5.02 Å². The van der Waals surface area contributed by atoms with E-state index < -0.39 is 0 Å². The van der Waals surface area contributed by atoms with Crippen LogP contribution in [0.5, 0.6) is 0 Å². The molecule has 2 aromatic rings. The maximum Gasteiger partial charge on any atom is 0.191 e. The van der Waals surface area contributed by atoms with Crippen LogP contribution in [0.4, 0.5) is 5.82 Å². The molecule has 7 heteroatoms.